The molecule has 156 valence electrons. The first kappa shape index (κ1) is 20.1. The lowest BCUT2D eigenvalue weighted by atomic mass is 9.93. The van der Waals surface area contributed by atoms with Crippen LogP contribution in [-0.4, -0.2) is 24.4 Å². The SMILES string of the molecule is CN1/C(=C/C=C2\CCCC(/C=C/C3=[N+](C)c4ccccc4C3)=C2Cl)Cc2ccccc21. The molecule has 0 unspecified atom stereocenters. The van der Waals surface area contributed by atoms with Crippen LogP contribution in [0, 0.1) is 0 Å². The highest BCUT2D eigenvalue weighted by Crippen LogP contribution is 2.36. The van der Waals surface area contributed by atoms with Crippen LogP contribution in [0.4, 0.5) is 11.4 Å². The average molecular weight is 428 g/mol. The van der Waals surface area contributed by atoms with Gasteiger partial charge in [0.1, 0.15) is 7.05 Å². The van der Waals surface area contributed by atoms with Crippen molar-refractivity contribution < 1.29 is 4.58 Å². The predicted molar refractivity (Wildman–Crippen MR) is 132 cm³/mol. The second-order valence-corrected chi connectivity index (χ2v) is 8.97. The lowest BCUT2D eigenvalue weighted by Gasteiger charge is -2.17. The first-order valence-corrected chi connectivity index (χ1v) is 11.5. The van der Waals surface area contributed by atoms with Crippen LogP contribution in [0.1, 0.15) is 30.4 Å². The van der Waals surface area contributed by atoms with Gasteiger partial charge in [-0.15, -0.1) is 0 Å². The molecule has 0 saturated heterocycles. The molecule has 0 spiro atoms. The number of allylic oxidation sites excluding steroid dienone is 8. The largest absolute Gasteiger partial charge is 0.348 e. The Balaban J connectivity index is 1.37. The van der Waals surface area contributed by atoms with Crippen molar-refractivity contribution in [3.8, 4) is 0 Å². The van der Waals surface area contributed by atoms with E-state index in [0.29, 0.717) is 0 Å². The predicted octanol–water partition coefficient (Wildman–Crippen LogP) is 6.69. The second kappa shape index (κ2) is 8.36. The fourth-order valence-electron chi connectivity index (χ4n) is 4.85. The molecule has 2 nitrogen and oxygen atoms in total. The number of hydrogen-bond donors (Lipinski definition) is 0. The minimum Gasteiger partial charge on any atom is -0.348 e. The molecule has 2 heterocycles. The minimum absolute atomic E-state index is 0.927. The summed E-state index contributed by atoms with van der Waals surface area (Å²) < 4.78 is 2.29. The van der Waals surface area contributed by atoms with Crippen LogP contribution in [-0.2, 0) is 12.8 Å². The molecule has 2 aromatic carbocycles. The Hall–Kier alpha value is -2.84. The Kier molecular flexibility index (Phi) is 5.41. The molecule has 1 aliphatic carbocycles. The number of para-hydroxylation sites is 2. The van der Waals surface area contributed by atoms with Crippen molar-refractivity contribution in [2.75, 3.05) is 19.0 Å². The van der Waals surface area contributed by atoms with E-state index in [1.165, 1.54) is 45.1 Å². The Labute approximate surface area is 190 Å². The van der Waals surface area contributed by atoms with Gasteiger partial charge < -0.3 is 4.90 Å². The maximum Gasteiger partial charge on any atom is 0.208 e. The maximum absolute atomic E-state index is 6.87. The van der Waals surface area contributed by atoms with E-state index in [1.807, 2.05) is 0 Å². The molecule has 0 bridgehead atoms. The molecular formula is C28H28ClN2+. The van der Waals surface area contributed by atoms with E-state index in [9.17, 15) is 0 Å². The standard InChI is InChI=1S/C28H28ClN2/c1-30-24(18-22-8-3-5-12-26(22)30)16-14-20-10-7-11-21(28(20)29)15-17-25-19-23-9-4-6-13-27(23)31(25)2/h3-6,8-9,12-17H,7,10-11,18-19H2,1-2H3/q+1. The van der Waals surface area contributed by atoms with Crippen LogP contribution < -0.4 is 4.90 Å². The van der Waals surface area contributed by atoms with Gasteiger partial charge in [0, 0.05) is 47.6 Å². The fraction of sp³-hybridized carbons (Fsp3) is 0.250. The topological polar surface area (TPSA) is 6.25 Å². The minimum atomic E-state index is 0.927. The van der Waals surface area contributed by atoms with Crippen molar-refractivity contribution in [2.45, 2.75) is 32.1 Å². The zero-order valence-corrected chi connectivity index (χ0v) is 19.0. The van der Waals surface area contributed by atoms with Gasteiger partial charge in [-0.2, -0.15) is 4.58 Å². The van der Waals surface area contributed by atoms with Crippen LogP contribution in [0.2, 0.25) is 0 Å². The molecule has 0 fully saturated rings. The highest BCUT2D eigenvalue weighted by Gasteiger charge is 2.25. The molecular weight excluding hydrogens is 400 g/mol. The average Bonchev–Trinajstić information content (AvgIpc) is 3.29. The van der Waals surface area contributed by atoms with Crippen LogP contribution in [0.3, 0.4) is 0 Å². The number of nitrogens with zero attached hydrogens (tertiary/aromatic N) is 2. The van der Waals surface area contributed by atoms with Crippen LogP contribution in [0.25, 0.3) is 0 Å². The van der Waals surface area contributed by atoms with Gasteiger partial charge >= 0.3 is 0 Å². The van der Waals surface area contributed by atoms with Gasteiger partial charge in [0.25, 0.3) is 0 Å². The third-order valence-corrected chi connectivity index (χ3v) is 7.21. The summed E-state index contributed by atoms with van der Waals surface area (Å²) in [4.78, 5) is 2.29. The number of anilines is 1. The van der Waals surface area contributed by atoms with Crippen molar-refractivity contribution in [3.63, 3.8) is 0 Å². The zero-order valence-electron chi connectivity index (χ0n) is 18.2. The normalized spacial score (nSPS) is 21.1. The summed E-state index contributed by atoms with van der Waals surface area (Å²) in [5, 5.41) is 0.927. The van der Waals surface area contributed by atoms with E-state index in [0.717, 1.165) is 37.1 Å². The van der Waals surface area contributed by atoms with Gasteiger partial charge in [-0.3, -0.25) is 0 Å². The summed E-state index contributed by atoms with van der Waals surface area (Å²) in [5.41, 5.74) is 10.5. The van der Waals surface area contributed by atoms with E-state index in [-0.39, 0.29) is 0 Å². The van der Waals surface area contributed by atoms with Crippen molar-refractivity contribution in [3.05, 3.63) is 106 Å². The molecule has 31 heavy (non-hydrogen) atoms. The molecule has 0 radical (unpaired) electrons. The molecule has 0 aromatic heterocycles. The van der Waals surface area contributed by atoms with Gasteiger partial charge in [0.05, 0.1) is 6.42 Å². The monoisotopic (exact) mass is 427 g/mol. The molecule has 2 aromatic rings. The second-order valence-electron chi connectivity index (χ2n) is 8.60. The molecule has 0 saturated carbocycles. The molecule has 0 N–H and O–H groups in total. The highest BCUT2D eigenvalue weighted by molar-refractivity contribution is 6.32. The number of rotatable bonds is 3. The zero-order chi connectivity index (χ0) is 21.4. The van der Waals surface area contributed by atoms with Crippen molar-refractivity contribution in [2.24, 2.45) is 0 Å². The van der Waals surface area contributed by atoms with E-state index in [4.69, 9.17) is 11.6 Å². The molecule has 0 amide bonds. The van der Waals surface area contributed by atoms with Crippen molar-refractivity contribution in [1.29, 1.82) is 0 Å². The lowest BCUT2D eigenvalue weighted by molar-refractivity contribution is -0.400. The Morgan fingerprint density at radius 2 is 1.68 bits per heavy atom. The first-order chi connectivity index (χ1) is 15.1. The van der Waals surface area contributed by atoms with Gasteiger partial charge in [-0.05, 0) is 48.1 Å². The summed E-state index contributed by atoms with van der Waals surface area (Å²) in [7, 11) is 4.30. The Morgan fingerprint density at radius 3 is 2.48 bits per heavy atom. The van der Waals surface area contributed by atoms with Gasteiger partial charge in [0.15, 0.2) is 5.71 Å². The quantitative estimate of drug-likeness (QED) is 0.494. The maximum atomic E-state index is 6.87. The summed E-state index contributed by atoms with van der Waals surface area (Å²) in [6, 6.07) is 17.3. The van der Waals surface area contributed by atoms with Gasteiger partial charge in [-0.25, -0.2) is 0 Å². The lowest BCUT2D eigenvalue weighted by Crippen LogP contribution is -2.10. The van der Waals surface area contributed by atoms with Gasteiger partial charge in [0.2, 0.25) is 5.69 Å². The number of likely N-dealkylation sites (N-methyl/N-ethyl adjacent to an activating group) is 1. The molecule has 5 rings (SSSR count). The van der Waals surface area contributed by atoms with E-state index < -0.39 is 0 Å². The third kappa shape index (κ3) is 3.81. The van der Waals surface area contributed by atoms with E-state index in [1.54, 1.807) is 0 Å². The van der Waals surface area contributed by atoms with Gasteiger partial charge in [-0.1, -0.05) is 60.2 Å². The number of benzene rings is 2. The molecule has 3 heteroatoms. The van der Waals surface area contributed by atoms with Crippen molar-refractivity contribution >= 4 is 28.7 Å². The van der Waals surface area contributed by atoms with E-state index >= 15 is 0 Å². The molecule has 2 aliphatic heterocycles. The summed E-state index contributed by atoms with van der Waals surface area (Å²) in [5.74, 6) is 0. The fourth-order valence-corrected chi connectivity index (χ4v) is 5.17. The summed E-state index contributed by atoms with van der Waals surface area (Å²) >= 11 is 6.87. The summed E-state index contributed by atoms with van der Waals surface area (Å²) in [6.45, 7) is 0. The Bertz CT molecular complexity index is 1190. The van der Waals surface area contributed by atoms with Crippen LogP contribution in [0.5, 0.6) is 0 Å². The smallest absolute Gasteiger partial charge is 0.208 e. The molecule has 3 aliphatic rings. The number of hydrogen-bond acceptors (Lipinski definition) is 1. The third-order valence-electron chi connectivity index (χ3n) is 6.72. The number of fused-ring (bicyclic) bond motifs is 2. The molecule has 0 atom stereocenters. The van der Waals surface area contributed by atoms with Crippen LogP contribution >= 0.6 is 11.6 Å². The highest BCUT2D eigenvalue weighted by atomic mass is 35.5. The van der Waals surface area contributed by atoms with Crippen LogP contribution in [0.15, 0.2) is 94.7 Å². The Morgan fingerprint density at radius 1 is 0.903 bits per heavy atom. The first-order valence-electron chi connectivity index (χ1n) is 11.1. The number of halogens is 1. The van der Waals surface area contributed by atoms with E-state index in [2.05, 4.69) is 96.4 Å². The summed E-state index contributed by atoms with van der Waals surface area (Å²) in [6.07, 6.45) is 14.2. The van der Waals surface area contributed by atoms with Crippen molar-refractivity contribution in [1.82, 2.24) is 0 Å².